The average Bonchev–Trinajstić information content (AvgIpc) is 2.74. The van der Waals surface area contributed by atoms with Crippen molar-refractivity contribution in [1.29, 1.82) is 0 Å². The zero-order valence-electron chi connectivity index (χ0n) is 17.0. The van der Waals surface area contributed by atoms with Crippen molar-refractivity contribution in [2.24, 2.45) is 0 Å². The van der Waals surface area contributed by atoms with Crippen LogP contribution in [0.3, 0.4) is 0 Å². The van der Waals surface area contributed by atoms with Crippen molar-refractivity contribution in [3.63, 3.8) is 0 Å². The van der Waals surface area contributed by atoms with Gasteiger partial charge in [-0.05, 0) is 56.5 Å². The van der Waals surface area contributed by atoms with Crippen LogP contribution in [-0.4, -0.2) is 64.6 Å². The van der Waals surface area contributed by atoms with Crippen molar-refractivity contribution >= 4 is 0 Å². The summed E-state index contributed by atoms with van der Waals surface area (Å²) in [6, 6.07) is 4.04. The quantitative estimate of drug-likeness (QED) is 0.751. The lowest BCUT2D eigenvalue weighted by atomic mass is 9.86. The Bertz CT molecular complexity index is 571. The lowest BCUT2D eigenvalue weighted by Gasteiger charge is -2.48. The minimum atomic E-state index is 0.222. The highest BCUT2D eigenvalue weighted by molar-refractivity contribution is 5.53. The van der Waals surface area contributed by atoms with Crippen LogP contribution < -0.4 is 19.5 Å². The highest BCUT2D eigenvalue weighted by atomic mass is 16.5. The van der Waals surface area contributed by atoms with Gasteiger partial charge in [0.15, 0.2) is 11.5 Å². The van der Waals surface area contributed by atoms with Crippen LogP contribution in [0.15, 0.2) is 12.1 Å². The molecule has 1 N–H and O–H groups in total. The molecule has 0 saturated carbocycles. The van der Waals surface area contributed by atoms with E-state index in [1.54, 1.807) is 21.3 Å². The van der Waals surface area contributed by atoms with E-state index in [1.807, 2.05) is 12.1 Å². The van der Waals surface area contributed by atoms with Gasteiger partial charge in [-0.1, -0.05) is 6.42 Å². The molecule has 27 heavy (non-hydrogen) atoms. The molecule has 0 aromatic heterocycles. The number of ether oxygens (including phenoxy) is 4. The zero-order chi connectivity index (χ0) is 19.1. The first-order chi connectivity index (χ1) is 13.2. The molecular formula is C21H34N2O4. The highest BCUT2D eigenvalue weighted by Gasteiger charge is 2.38. The first-order valence-electron chi connectivity index (χ1n) is 10.0. The van der Waals surface area contributed by atoms with Crippen LogP contribution in [0.4, 0.5) is 0 Å². The Balaban J connectivity index is 1.68. The van der Waals surface area contributed by atoms with Gasteiger partial charge in [-0.25, -0.2) is 0 Å². The average molecular weight is 379 g/mol. The molecule has 0 amide bonds. The topological polar surface area (TPSA) is 52.2 Å². The number of nitrogens with one attached hydrogen (secondary N) is 1. The van der Waals surface area contributed by atoms with E-state index < -0.39 is 0 Å². The Labute approximate surface area is 163 Å². The lowest BCUT2D eigenvalue weighted by Crippen LogP contribution is -2.59. The maximum Gasteiger partial charge on any atom is 0.203 e. The van der Waals surface area contributed by atoms with Gasteiger partial charge in [-0.2, -0.15) is 0 Å². The van der Waals surface area contributed by atoms with E-state index in [0.717, 1.165) is 44.7 Å². The van der Waals surface area contributed by atoms with Crippen molar-refractivity contribution in [3.8, 4) is 17.2 Å². The summed E-state index contributed by atoms with van der Waals surface area (Å²) in [4.78, 5) is 2.71. The molecule has 0 bridgehead atoms. The lowest BCUT2D eigenvalue weighted by molar-refractivity contribution is -0.0358. The predicted molar refractivity (Wildman–Crippen MR) is 106 cm³/mol. The number of likely N-dealkylation sites (tertiary alicyclic amines) is 1. The number of rotatable bonds is 8. The molecule has 2 fully saturated rings. The normalized spacial score (nSPS) is 20.3. The number of hydrogen-bond donors (Lipinski definition) is 1. The molecule has 6 nitrogen and oxygen atoms in total. The monoisotopic (exact) mass is 378 g/mol. The van der Waals surface area contributed by atoms with Gasteiger partial charge in [0.05, 0.1) is 21.3 Å². The van der Waals surface area contributed by atoms with E-state index in [-0.39, 0.29) is 5.54 Å². The first kappa shape index (κ1) is 20.2. The Morgan fingerprint density at radius 1 is 0.963 bits per heavy atom. The standard InChI is InChI=1S/C21H34N2O4/c1-24-18-13-17(14-19(25-2)20(18)26-3)15-22-16-21(7-11-27-12-8-21)23-9-5-4-6-10-23/h13-14,22H,4-12,15-16H2,1-3H3. The summed E-state index contributed by atoms with van der Waals surface area (Å²) in [6.45, 7) is 5.91. The second-order valence-corrected chi connectivity index (χ2v) is 7.52. The molecule has 1 aromatic carbocycles. The Morgan fingerprint density at radius 2 is 1.59 bits per heavy atom. The molecule has 1 aromatic rings. The molecule has 2 heterocycles. The van der Waals surface area contributed by atoms with Crippen molar-refractivity contribution in [3.05, 3.63) is 17.7 Å². The van der Waals surface area contributed by atoms with Crippen LogP contribution in [0.5, 0.6) is 17.2 Å². The van der Waals surface area contributed by atoms with E-state index in [4.69, 9.17) is 18.9 Å². The maximum atomic E-state index is 5.66. The molecule has 3 rings (SSSR count). The molecule has 2 saturated heterocycles. The van der Waals surface area contributed by atoms with Gasteiger partial charge in [0.1, 0.15) is 0 Å². The molecule has 0 aliphatic carbocycles. The smallest absolute Gasteiger partial charge is 0.203 e. The summed E-state index contributed by atoms with van der Waals surface area (Å²) in [7, 11) is 4.94. The van der Waals surface area contributed by atoms with E-state index in [0.29, 0.717) is 17.2 Å². The fourth-order valence-corrected chi connectivity index (χ4v) is 4.40. The third-order valence-corrected chi connectivity index (χ3v) is 5.96. The molecule has 2 aliphatic heterocycles. The highest BCUT2D eigenvalue weighted by Crippen LogP contribution is 2.38. The molecular weight excluding hydrogens is 344 g/mol. The molecule has 0 spiro atoms. The minimum Gasteiger partial charge on any atom is -0.493 e. The van der Waals surface area contributed by atoms with Gasteiger partial charge in [0.25, 0.3) is 0 Å². The fraction of sp³-hybridized carbons (Fsp3) is 0.714. The van der Waals surface area contributed by atoms with Crippen molar-refractivity contribution in [1.82, 2.24) is 10.2 Å². The zero-order valence-corrected chi connectivity index (χ0v) is 17.0. The van der Waals surface area contributed by atoms with Crippen LogP contribution >= 0.6 is 0 Å². The Hall–Kier alpha value is -1.50. The molecule has 152 valence electrons. The van der Waals surface area contributed by atoms with E-state index >= 15 is 0 Å². The Morgan fingerprint density at radius 3 is 2.15 bits per heavy atom. The van der Waals surface area contributed by atoms with Gasteiger partial charge in [-0.15, -0.1) is 0 Å². The summed E-state index contributed by atoms with van der Waals surface area (Å²) in [5, 5.41) is 3.70. The van der Waals surface area contributed by atoms with Crippen molar-refractivity contribution in [2.75, 3.05) is 54.2 Å². The fourth-order valence-electron chi connectivity index (χ4n) is 4.40. The number of piperidine rings is 1. The summed E-state index contributed by atoms with van der Waals surface area (Å²) >= 11 is 0. The second-order valence-electron chi connectivity index (χ2n) is 7.52. The van der Waals surface area contributed by atoms with E-state index in [1.165, 1.54) is 32.4 Å². The summed E-state index contributed by atoms with van der Waals surface area (Å²) < 4.78 is 22.0. The van der Waals surface area contributed by atoms with Crippen molar-refractivity contribution in [2.45, 2.75) is 44.2 Å². The van der Waals surface area contributed by atoms with Gasteiger partial charge in [0.2, 0.25) is 5.75 Å². The number of benzene rings is 1. The number of methoxy groups -OCH3 is 3. The van der Waals surface area contributed by atoms with Gasteiger partial charge >= 0.3 is 0 Å². The summed E-state index contributed by atoms with van der Waals surface area (Å²) in [5.74, 6) is 2.04. The largest absolute Gasteiger partial charge is 0.493 e. The summed E-state index contributed by atoms with van der Waals surface area (Å²) in [5.41, 5.74) is 1.35. The third-order valence-electron chi connectivity index (χ3n) is 5.96. The first-order valence-corrected chi connectivity index (χ1v) is 10.0. The molecule has 0 unspecified atom stereocenters. The summed E-state index contributed by atoms with van der Waals surface area (Å²) in [6.07, 6.45) is 6.21. The van der Waals surface area contributed by atoms with Crippen LogP contribution in [0, 0.1) is 0 Å². The van der Waals surface area contributed by atoms with Gasteiger partial charge in [-0.3, -0.25) is 4.90 Å². The van der Waals surface area contributed by atoms with Crippen molar-refractivity contribution < 1.29 is 18.9 Å². The number of hydrogen-bond acceptors (Lipinski definition) is 6. The van der Waals surface area contributed by atoms with Crippen LogP contribution in [-0.2, 0) is 11.3 Å². The Kier molecular flexibility index (Phi) is 7.21. The van der Waals surface area contributed by atoms with Crippen LogP contribution in [0.25, 0.3) is 0 Å². The second kappa shape index (κ2) is 9.62. The maximum absolute atomic E-state index is 5.66. The van der Waals surface area contributed by atoms with Crippen LogP contribution in [0.1, 0.15) is 37.7 Å². The molecule has 0 radical (unpaired) electrons. The molecule has 6 heteroatoms. The predicted octanol–water partition coefficient (Wildman–Crippen LogP) is 2.84. The van der Waals surface area contributed by atoms with Gasteiger partial charge in [0, 0.05) is 31.8 Å². The SMILES string of the molecule is COc1cc(CNCC2(N3CCCCC3)CCOCC2)cc(OC)c1OC. The van der Waals surface area contributed by atoms with Crippen LogP contribution in [0.2, 0.25) is 0 Å². The van der Waals surface area contributed by atoms with E-state index in [9.17, 15) is 0 Å². The van der Waals surface area contributed by atoms with Gasteiger partial charge < -0.3 is 24.3 Å². The van der Waals surface area contributed by atoms with E-state index in [2.05, 4.69) is 10.2 Å². The molecule has 0 atom stereocenters. The minimum absolute atomic E-state index is 0.222. The third kappa shape index (κ3) is 4.68. The number of nitrogens with zero attached hydrogens (tertiary/aromatic N) is 1. The molecule has 2 aliphatic rings.